The monoisotopic (exact) mass is 220 g/mol. The molecule has 0 saturated carbocycles. The molecule has 1 fully saturated rings. The summed E-state index contributed by atoms with van der Waals surface area (Å²) in [4.78, 5) is 11.6. The van der Waals surface area contributed by atoms with Crippen molar-refractivity contribution in [3.8, 4) is 0 Å². The summed E-state index contributed by atoms with van der Waals surface area (Å²) in [5, 5.41) is 3.00. The third kappa shape index (κ3) is 2.45. The number of carbonyl (C=O) groups is 1. The Labute approximate surface area is 84.3 Å². The fourth-order valence-corrected chi connectivity index (χ4v) is 2.07. The van der Waals surface area contributed by atoms with Crippen molar-refractivity contribution in [2.45, 2.75) is 32.2 Å². The molecule has 1 aliphatic rings. The minimum absolute atomic E-state index is 0.0746. The van der Waals surface area contributed by atoms with Gasteiger partial charge >= 0.3 is 0 Å². The molecule has 1 heterocycles. The second-order valence-corrected chi connectivity index (χ2v) is 5.71. The van der Waals surface area contributed by atoms with Gasteiger partial charge in [0.1, 0.15) is 0 Å². The van der Waals surface area contributed by atoms with Gasteiger partial charge in [0.05, 0.1) is 11.3 Å². The number of hydrogen-bond acceptors (Lipinski definition) is 4. The van der Waals surface area contributed by atoms with Crippen LogP contribution in [-0.4, -0.2) is 32.2 Å². The van der Waals surface area contributed by atoms with E-state index in [0.717, 1.165) is 13.0 Å². The summed E-state index contributed by atoms with van der Waals surface area (Å²) in [6.07, 6.45) is 1.58. The molecule has 1 aliphatic heterocycles. The molecule has 5 nitrogen and oxygen atoms in total. The minimum Gasteiger partial charge on any atom is -0.304 e. The second-order valence-electron chi connectivity index (χ2n) is 3.70. The molecule has 0 radical (unpaired) electrons. The van der Waals surface area contributed by atoms with Gasteiger partial charge in [-0.15, -0.1) is 0 Å². The Kier molecular flexibility index (Phi) is 3.16. The fraction of sp³-hybridized carbons (Fsp3) is 0.875. The van der Waals surface area contributed by atoms with Crippen molar-refractivity contribution in [1.29, 1.82) is 0 Å². The Morgan fingerprint density at radius 3 is 2.64 bits per heavy atom. The maximum atomic E-state index is 11.6. The summed E-state index contributed by atoms with van der Waals surface area (Å²) in [7, 11) is -3.43. The zero-order chi connectivity index (χ0) is 10.8. The zero-order valence-electron chi connectivity index (χ0n) is 8.46. The normalized spacial score (nSPS) is 27.6. The number of amides is 1. The third-order valence-corrected chi connectivity index (χ3v) is 3.75. The molecule has 1 saturated heterocycles. The van der Waals surface area contributed by atoms with E-state index in [2.05, 4.69) is 10.0 Å². The summed E-state index contributed by atoms with van der Waals surface area (Å²) in [5.41, 5.74) is -0.720. The van der Waals surface area contributed by atoms with Crippen LogP contribution in [0, 0.1) is 0 Å². The fourth-order valence-electron chi connectivity index (χ4n) is 1.41. The Morgan fingerprint density at radius 1 is 1.57 bits per heavy atom. The van der Waals surface area contributed by atoms with Gasteiger partial charge in [-0.05, 0) is 33.2 Å². The van der Waals surface area contributed by atoms with Crippen LogP contribution in [0.1, 0.15) is 26.7 Å². The van der Waals surface area contributed by atoms with E-state index >= 15 is 0 Å². The van der Waals surface area contributed by atoms with E-state index in [4.69, 9.17) is 0 Å². The molecular weight excluding hydrogens is 204 g/mol. The first-order valence-electron chi connectivity index (χ1n) is 4.69. The van der Waals surface area contributed by atoms with Crippen LogP contribution in [0.2, 0.25) is 0 Å². The van der Waals surface area contributed by atoms with Crippen molar-refractivity contribution in [1.82, 2.24) is 10.0 Å². The maximum absolute atomic E-state index is 11.6. The lowest BCUT2D eigenvalue weighted by atomic mass is 10.0. The van der Waals surface area contributed by atoms with Crippen molar-refractivity contribution < 1.29 is 13.2 Å². The van der Waals surface area contributed by atoms with Gasteiger partial charge in [-0.1, -0.05) is 0 Å². The first kappa shape index (κ1) is 11.5. The van der Waals surface area contributed by atoms with Crippen LogP contribution >= 0.6 is 0 Å². The molecule has 0 bridgehead atoms. The minimum atomic E-state index is -3.43. The van der Waals surface area contributed by atoms with Crippen LogP contribution in [-0.2, 0) is 14.8 Å². The van der Waals surface area contributed by atoms with E-state index in [1.165, 1.54) is 6.92 Å². The molecule has 14 heavy (non-hydrogen) atoms. The van der Waals surface area contributed by atoms with Gasteiger partial charge in [-0.3, -0.25) is 9.52 Å². The largest absolute Gasteiger partial charge is 0.304 e. The van der Waals surface area contributed by atoms with Gasteiger partial charge in [0, 0.05) is 0 Å². The number of nitrogens with one attached hydrogen (secondary N) is 2. The zero-order valence-corrected chi connectivity index (χ0v) is 9.28. The summed E-state index contributed by atoms with van der Waals surface area (Å²) in [6, 6.07) is 0. The first-order chi connectivity index (χ1) is 6.40. The lowest BCUT2D eigenvalue weighted by Crippen LogP contribution is -2.52. The van der Waals surface area contributed by atoms with Crippen LogP contribution in [0.15, 0.2) is 0 Å². The predicted molar refractivity (Wildman–Crippen MR) is 53.2 cm³/mol. The average molecular weight is 220 g/mol. The van der Waals surface area contributed by atoms with Crippen molar-refractivity contribution in [3.63, 3.8) is 0 Å². The van der Waals surface area contributed by atoms with E-state index in [1.54, 1.807) is 6.92 Å². The highest BCUT2D eigenvalue weighted by Gasteiger charge is 2.37. The highest BCUT2D eigenvalue weighted by atomic mass is 32.2. The topological polar surface area (TPSA) is 75.3 Å². The quantitative estimate of drug-likeness (QED) is 0.678. The van der Waals surface area contributed by atoms with Crippen molar-refractivity contribution >= 4 is 15.9 Å². The SMILES string of the molecule is CCS(=O)(=O)NC(=O)C1(C)CCCN1. The summed E-state index contributed by atoms with van der Waals surface area (Å²) < 4.78 is 24.4. The highest BCUT2D eigenvalue weighted by molar-refractivity contribution is 7.90. The van der Waals surface area contributed by atoms with Crippen LogP contribution < -0.4 is 10.0 Å². The second kappa shape index (κ2) is 3.86. The first-order valence-corrected chi connectivity index (χ1v) is 6.35. The van der Waals surface area contributed by atoms with Crippen LogP contribution in [0.3, 0.4) is 0 Å². The van der Waals surface area contributed by atoms with Gasteiger partial charge in [-0.2, -0.15) is 0 Å². The van der Waals surface area contributed by atoms with Gasteiger partial charge in [0.15, 0.2) is 0 Å². The molecule has 0 aromatic rings. The van der Waals surface area contributed by atoms with Gasteiger partial charge in [0.2, 0.25) is 10.0 Å². The van der Waals surface area contributed by atoms with Gasteiger partial charge in [0.25, 0.3) is 5.91 Å². The van der Waals surface area contributed by atoms with Crippen molar-refractivity contribution in [3.05, 3.63) is 0 Å². The molecule has 6 heteroatoms. The number of carbonyl (C=O) groups excluding carboxylic acids is 1. The number of hydrogen-bond donors (Lipinski definition) is 2. The smallest absolute Gasteiger partial charge is 0.253 e. The summed E-state index contributed by atoms with van der Waals surface area (Å²) in [5.74, 6) is -0.522. The molecule has 82 valence electrons. The third-order valence-electron chi connectivity index (χ3n) is 2.50. The van der Waals surface area contributed by atoms with E-state index in [-0.39, 0.29) is 5.75 Å². The lowest BCUT2D eigenvalue weighted by Gasteiger charge is -2.22. The molecule has 1 rings (SSSR count). The molecule has 0 spiro atoms. The van der Waals surface area contributed by atoms with Gasteiger partial charge < -0.3 is 5.32 Å². The standard InChI is InChI=1S/C8H16N2O3S/c1-3-14(12,13)10-7(11)8(2)5-4-6-9-8/h9H,3-6H2,1-2H3,(H,10,11). The lowest BCUT2D eigenvalue weighted by molar-refractivity contribution is -0.124. The average Bonchev–Trinajstić information content (AvgIpc) is 2.53. The molecule has 0 aliphatic carbocycles. The molecule has 2 N–H and O–H groups in total. The highest BCUT2D eigenvalue weighted by Crippen LogP contribution is 2.18. The molecular formula is C8H16N2O3S. The summed E-state index contributed by atoms with van der Waals surface area (Å²) in [6.45, 7) is 3.98. The Bertz CT molecular complexity index is 317. The van der Waals surface area contributed by atoms with E-state index < -0.39 is 21.5 Å². The van der Waals surface area contributed by atoms with Crippen molar-refractivity contribution in [2.75, 3.05) is 12.3 Å². The Morgan fingerprint density at radius 2 is 2.21 bits per heavy atom. The molecule has 1 amide bonds. The Hall–Kier alpha value is -0.620. The van der Waals surface area contributed by atoms with E-state index in [1.807, 2.05) is 0 Å². The van der Waals surface area contributed by atoms with E-state index in [0.29, 0.717) is 6.42 Å². The molecule has 0 aromatic heterocycles. The molecule has 0 aromatic carbocycles. The predicted octanol–water partition coefficient (Wildman–Crippen LogP) is -0.406. The van der Waals surface area contributed by atoms with E-state index in [9.17, 15) is 13.2 Å². The molecule has 1 atom stereocenters. The number of rotatable bonds is 3. The number of sulfonamides is 1. The maximum Gasteiger partial charge on any atom is 0.253 e. The van der Waals surface area contributed by atoms with Crippen LogP contribution in [0.4, 0.5) is 0 Å². The van der Waals surface area contributed by atoms with Crippen molar-refractivity contribution in [2.24, 2.45) is 0 Å². The van der Waals surface area contributed by atoms with Crippen LogP contribution in [0.5, 0.6) is 0 Å². The Balaban J connectivity index is 2.67. The molecule has 1 unspecified atom stereocenters. The van der Waals surface area contributed by atoms with Gasteiger partial charge in [-0.25, -0.2) is 8.42 Å². The summed E-state index contributed by atoms with van der Waals surface area (Å²) >= 11 is 0. The van der Waals surface area contributed by atoms with Crippen LogP contribution in [0.25, 0.3) is 0 Å².